The predicted octanol–water partition coefficient (Wildman–Crippen LogP) is 3.93. The zero-order valence-electron chi connectivity index (χ0n) is 8.53. The van der Waals surface area contributed by atoms with Gasteiger partial charge < -0.3 is 4.74 Å². The maximum atomic E-state index is 5.32. The fourth-order valence-corrected chi connectivity index (χ4v) is 2.04. The third kappa shape index (κ3) is 2.39. The van der Waals surface area contributed by atoms with Crippen LogP contribution >= 0.6 is 15.9 Å². The van der Waals surface area contributed by atoms with Crippen LogP contribution in [0.5, 0.6) is 0 Å². The molecule has 1 radical (unpaired) electrons. The van der Waals surface area contributed by atoms with E-state index in [0.717, 1.165) is 17.0 Å². The molecule has 1 aliphatic rings. The summed E-state index contributed by atoms with van der Waals surface area (Å²) in [4.78, 5) is 0. The summed E-state index contributed by atoms with van der Waals surface area (Å²) in [6, 6.07) is 10.4. The van der Waals surface area contributed by atoms with Crippen LogP contribution in [0.3, 0.4) is 0 Å². The smallest absolute Gasteiger partial charge is 0.137 e. The van der Waals surface area contributed by atoms with Gasteiger partial charge in [0.25, 0.3) is 0 Å². The molecule has 1 aromatic rings. The van der Waals surface area contributed by atoms with Crippen LogP contribution in [0.15, 0.2) is 47.0 Å². The highest BCUT2D eigenvalue weighted by Gasteiger charge is 2.18. The zero-order valence-corrected chi connectivity index (χ0v) is 10.1. The van der Waals surface area contributed by atoms with Gasteiger partial charge in [0, 0.05) is 18.0 Å². The van der Waals surface area contributed by atoms with Crippen molar-refractivity contribution >= 4 is 21.5 Å². The summed E-state index contributed by atoms with van der Waals surface area (Å²) in [6.45, 7) is 0. The molecule has 0 atom stereocenters. The molecule has 0 saturated carbocycles. The molecule has 0 aliphatic heterocycles. The lowest BCUT2D eigenvalue weighted by atomic mass is 9.96. The molecule has 0 fully saturated rings. The molecule has 0 saturated heterocycles. The van der Waals surface area contributed by atoms with Crippen molar-refractivity contribution in [2.75, 3.05) is 7.11 Å². The van der Waals surface area contributed by atoms with Crippen LogP contribution < -0.4 is 0 Å². The summed E-state index contributed by atoms with van der Waals surface area (Å²) in [5.41, 5.74) is 2.54. The molecule has 2 heteroatoms. The Morgan fingerprint density at radius 1 is 1.13 bits per heavy atom. The van der Waals surface area contributed by atoms with E-state index in [9.17, 15) is 0 Å². The second-order valence-electron chi connectivity index (χ2n) is 3.38. The first-order chi connectivity index (χ1) is 7.31. The fourth-order valence-electron chi connectivity index (χ4n) is 1.60. The molecular weight excluding hydrogens is 252 g/mol. The Bertz CT molecular complexity index is 392. The van der Waals surface area contributed by atoms with E-state index >= 15 is 0 Å². The van der Waals surface area contributed by atoms with Crippen molar-refractivity contribution < 1.29 is 4.74 Å². The standard InChI is InChI=1S/C13H12BrO/c1-15-13-9-11(7-8-12(13)14)10-5-3-2-4-6-10/h2-8H,9H2,1H3. The maximum Gasteiger partial charge on any atom is 0.137 e. The third-order valence-electron chi connectivity index (χ3n) is 2.44. The Morgan fingerprint density at radius 2 is 1.87 bits per heavy atom. The molecule has 1 aromatic carbocycles. The van der Waals surface area contributed by atoms with Gasteiger partial charge >= 0.3 is 0 Å². The van der Waals surface area contributed by atoms with Crippen LogP contribution in [0.1, 0.15) is 12.0 Å². The van der Waals surface area contributed by atoms with Crippen molar-refractivity contribution in [1.29, 1.82) is 0 Å². The van der Waals surface area contributed by atoms with E-state index in [2.05, 4.69) is 46.3 Å². The highest BCUT2D eigenvalue weighted by Crippen LogP contribution is 2.35. The molecule has 0 heterocycles. The average Bonchev–Trinajstić information content (AvgIpc) is 2.31. The van der Waals surface area contributed by atoms with Crippen LogP contribution in [0.25, 0.3) is 5.57 Å². The first-order valence-electron chi connectivity index (χ1n) is 4.83. The quantitative estimate of drug-likeness (QED) is 0.786. The number of benzene rings is 1. The Hall–Kier alpha value is -0.860. The SMILES string of the molecule is CO[C]1CC(c2ccccc2)=CC=C1Br. The molecule has 15 heavy (non-hydrogen) atoms. The van der Waals surface area contributed by atoms with Crippen LogP contribution in [0.2, 0.25) is 0 Å². The minimum atomic E-state index is 0.845. The minimum absolute atomic E-state index is 0.845. The highest BCUT2D eigenvalue weighted by molar-refractivity contribution is 9.11. The molecule has 0 unspecified atom stereocenters. The van der Waals surface area contributed by atoms with Gasteiger partial charge in [-0.2, -0.15) is 0 Å². The summed E-state index contributed by atoms with van der Waals surface area (Å²) in [7, 11) is 1.71. The molecule has 0 N–H and O–H groups in total. The van der Waals surface area contributed by atoms with Gasteiger partial charge in [0.1, 0.15) is 6.10 Å². The van der Waals surface area contributed by atoms with Crippen LogP contribution in [-0.4, -0.2) is 7.11 Å². The minimum Gasteiger partial charge on any atom is -0.369 e. The van der Waals surface area contributed by atoms with Gasteiger partial charge in [0.15, 0.2) is 0 Å². The Morgan fingerprint density at radius 3 is 2.53 bits per heavy atom. The fraction of sp³-hybridized carbons (Fsp3) is 0.154. The van der Waals surface area contributed by atoms with Crippen molar-refractivity contribution in [1.82, 2.24) is 0 Å². The van der Waals surface area contributed by atoms with E-state index in [-0.39, 0.29) is 0 Å². The predicted molar refractivity (Wildman–Crippen MR) is 66.3 cm³/mol. The Balaban J connectivity index is 2.26. The van der Waals surface area contributed by atoms with Crippen molar-refractivity contribution in [3.05, 3.63) is 58.6 Å². The number of rotatable bonds is 2. The first-order valence-corrected chi connectivity index (χ1v) is 5.62. The van der Waals surface area contributed by atoms with E-state index in [1.807, 2.05) is 12.1 Å². The molecule has 77 valence electrons. The molecule has 0 spiro atoms. The molecule has 2 rings (SSSR count). The van der Waals surface area contributed by atoms with Crippen molar-refractivity contribution in [3.8, 4) is 0 Å². The lowest BCUT2D eigenvalue weighted by Crippen LogP contribution is -2.05. The van der Waals surface area contributed by atoms with Gasteiger partial charge in [-0.25, -0.2) is 0 Å². The first kappa shape index (κ1) is 10.7. The van der Waals surface area contributed by atoms with E-state index in [1.165, 1.54) is 11.1 Å². The normalized spacial score (nSPS) is 17.2. The number of methoxy groups -OCH3 is 1. The number of hydrogen-bond donors (Lipinski definition) is 0. The van der Waals surface area contributed by atoms with Gasteiger partial charge in [-0.15, -0.1) is 0 Å². The van der Waals surface area contributed by atoms with Gasteiger partial charge in [-0.1, -0.05) is 52.3 Å². The summed E-state index contributed by atoms with van der Waals surface area (Å²) >= 11 is 3.47. The highest BCUT2D eigenvalue weighted by atomic mass is 79.9. The molecule has 0 bridgehead atoms. The molecule has 0 amide bonds. The van der Waals surface area contributed by atoms with Crippen LogP contribution in [0.4, 0.5) is 0 Å². The van der Waals surface area contributed by atoms with E-state index < -0.39 is 0 Å². The Kier molecular flexibility index (Phi) is 3.39. The number of hydrogen-bond acceptors (Lipinski definition) is 1. The van der Waals surface area contributed by atoms with E-state index in [0.29, 0.717) is 0 Å². The maximum absolute atomic E-state index is 5.32. The third-order valence-corrected chi connectivity index (χ3v) is 3.15. The molecule has 0 aromatic heterocycles. The molecule has 1 nitrogen and oxygen atoms in total. The van der Waals surface area contributed by atoms with Crippen molar-refractivity contribution in [2.45, 2.75) is 6.42 Å². The van der Waals surface area contributed by atoms with Crippen molar-refractivity contribution in [2.24, 2.45) is 0 Å². The van der Waals surface area contributed by atoms with E-state index in [4.69, 9.17) is 4.74 Å². The molecule has 1 aliphatic carbocycles. The Labute approximate surface area is 98.6 Å². The lowest BCUT2D eigenvalue weighted by molar-refractivity contribution is 0.229. The summed E-state index contributed by atoms with van der Waals surface area (Å²) in [6.07, 6.45) is 5.99. The summed E-state index contributed by atoms with van der Waals surface area (Å²) < 4.78 is 6.35. The number of halogens is 1. The van der Waals surface area contributed by atoms with Gasteiger partial charge in [0.2, 0.25) is 0 Å². The second-order valence-corrected chi connectivity index (χ2v) is 4.23. The lowest BCUT2D eigenvalue weighted by Gasteiger charge is -2.19. The van der Waals surface area contributed by atoms with Gasteiger partial charge in [-0.05, 0) is 17.2 Å². The topological polar surface area (TPSA) is 9.23 Å². The average molecular weight is 264 g/mol. The second kappa shape index (κ2) is 4.77. The van der Waals surface area contributed by atoms with Crippen molar-refractivity contribution in [3.63, 3.8) is 0 Å². The van der Waals surface area contributed by atoms with Gasteiger partial charge in [-0.3, -0.25) is 0 Å². The zero-order chi connectivity index (χ0) is 10.7. The van der Waals surface area contributed by atoms with Crippen LogP contribution in [-0.2, 0) is 4.74 Å². The van der Waals surface area contributed by atoms with E-state index in [1.54, 1.807) is 7.11 Å². The number of allylic oxidation sites excluding steroid dienone is 2. The summed E-state index contributed by atoms with van der Waals surface area (Å²) in [5.74, 6) is 0. The summed E-state index contributed by atoms with van der Waals surface area (Å²) in [5, 5.41) is 0. The van der Waals surface area contributed by atoms with Gasteiger partial charge in [0.05, 0.1) is 0 Å². The monoisotopic (exact) mass is 263 g/mol. The largest absolute Gasteiger partial charge is 0.369 e. The molecular formula is C13H12BrO. The van der Waals surface area contributed by atoms with Crippen LogP contribution in [0, 0.1) is 6.10 Å². The number of ether oxygens (including phenoxy) is 1.